The van der Waals surface area contributed by atoms with Gasteiger partial charge in [-0.1, -0.05) is 19.1 Å². The van der Waals surface area contributed by atoms with Crippen LogP contribution in [0.2, 0.25) is 0 Å². The van der Waals surface area contributed by atoms with Gasteiger partial charge in [0.05, 0.1) is 16.9 Å². The lowest BCUT2D eigenvalue weighted by atomic mass is 9.86. The zero-order valence-corrected chi connectivity index (χ0v) is 12.5. The predicted molar refractivity (Wildman–Crippen MR) is 76.1 cm³/mol. The molecule has 6 heteroatoms. The molecule has 0 aromatic rings. The molecule has 0 bridgehead atoms. The van der Waals surface area contributed by atoms with E-state index in [0.717, 1.165) is 0 Å². The summed E-state index contributed by atoms with van der Waals surface area (Å²) in [4.78, 5) is 23.6. The summed E-state index contributed by atoms with van der Waals surface area (Å²) in [6.45, 7) is 9.04. The average molecular weight is 273 g/mol. The monoisotopic (exact) mass is 273 g/mol. The van der Waals surface area contributed by atoms with Crippen LogP contribution < -0.4 is 16.4 Å². The van der Waals surface area contributed by atoms with Gasteiger partial charge >= 0.3 is 0 Å². The van der Waals surface area contributed by atoms with Crippen molar-refractivity contribution in [3.05, 3.63) is 0 Å². The van der Waals surface area contributed by atoms with Gasteiger partial charge in [-0.25, -0.2) is 0 Å². The topological polar surface area (TPSA) is 84.2 Å². The highest BCUT2D eigenvalue weighted by Gasteiger charge is 2.34. The molecule has 4 N–H and O–H groups in total. The molecule has 18 heavy (non-hydrogen) atoms. The van der Waals surface area contributed by atoms with Gasteiger partial charge in [0.1, 0.15) is 0 Å². The highest BCUT2D eigenvalue weighted by Crippen LogP contribution is 2.21. The van der Waals surface area contributed by atoms with E-state index in [1.165, 1.54) is 0 Å². The maximum Gasteiger partial charge on any atom is 0.239 e. The fourth-order valence-corrected chi connectivity index (χ4v) is 1.50. The van der Waals surface area contributed by atoms with Gasteiger partial charge in [0.2, 0.25) is 11.8 Å². The molecule has 0 saturated heterocycles. The van der Waals surface area contributed by atoms with Gasteiger partial charge in [0.25, 0.3) is 0 Å². The maximum absolute atomic E-state index is 11.9. The van der Waals surface area contributed by atoms with Crippen molar-refractivity contribution in [1.82, 2.24) is 10.6 Å². The molecule has 0 spiro atoms. The number of nitrogens with one attached hydrogen (secondary N) is 2. The van der Waals surface area contributed by atoms with E-state index in [1.807, 2.05) is 27.7 Å². The Hall–Kier alpha value is -1.17. The van der Waals surface area contributed by atoms with Crippen molar-refractivity contribution in [2.24, 2.45) is 11.1 Å². The Bertz CT molecular complexity index is 350. The Morgan fingerprint density at radius 2 is 1.72 bits per heavy atom. The first-order valence-corrected chi connectivity index (χ1v) is 6.33. The zero-order chi connectivity index (χ0) is 14.6. The van der Waals surface area contributed by atoms with Crippen molar-refractivity contribution < 1.29 is 9.59 Å². The molecule has 0 heterocycles. The van der Waals surface area contributed by atoms with Crippen LogP contribution >= 0.6 is 12.2 Å². The van der Waals surface area contributed by atoms with Crippen molar-refractivity contribution >= 4 is 29.0 Å². The maximum atomic E-state index is 11.9. The number of amides is 2. The average Bonchev–Trinajstić information content (AvgIpc) is 2.21. The first-order valence-electron chi connectivity index (χ1n) is 5.92. The second kappa shape index (κ2) is 6.13. The van der Waals surface area contributed by atoms with Crippen molar-refractivity contribution in [2.45, 2.75) is 46.6 Å². The third-order valence-electron chi connectivity index (χ3n) is 2.68. The predicted octanol–water partition coefficient (Wildman–Crippen LogP) is 0.720. The number of rotatable bonds is 5. The summed E-state index contributed by atoms with van der Waals surface area (Å²) >= 11 is 4.89. The van der Waals surface area contributed by atoms with Crippen LogP contribution in [0.25, 0.3) is 0 Å². The summed E-state index contributed by atoms with van der Waals surface area (Å²) in [5, 5.41) is 5.31. The highest BCUT2D eigenvalue weighted by atomic mass is 32.1. The smallest absolute Gasteiger partial charge is 0.239 e. The Kier molecular flexibility index (Phi) is 5.73. The second-order valence-electron chi connectivity index (χ2n) is 5.53. The quantitative estimate of drug-likeness (QED) is 0.644. The fourth-order valence-electron chi connectivity index (χ4n) is 1.26. The third-order valence-corrected chi connectivity index (χ3v) is 3.13. The molecule has 0 fully saturated rings. The summed E-state index contributed by atoms with van der Waals surface area (Å²) in [7, 11) is 0. The van der Waals surface area contributed by atoms with E-state index in [9.17, 15) is 9.59 Å². The largest absolute Gasteiger partial charge is 0.392 e. The third kappa shape index (κ3) is 5.00. The fraction of sp³-hybridized carbons (Fsp3) is 0.750. The molecule has 2 amide bonds. The minimum absolute atomic E-state index is 0.0751. The number of nitrogens with two attached hydrogens (primary N) is 1. The van der Waals surface area contributed by atoms with E-state index in [1.54, 1.807) is 6.92 Å². The van der Waals surface area contributed by atoms with Crippen LogP contribution in [-0.4, -0.2) is 28.9 Å². The van der Waals surface area contributed by atoms with Crippen LogP contribution in [0.15, 0.2) is 0 Å². The summed E-state index contributed by atoms with van der Waals surface area (Å²) < 4.78 is 0. The Labute approximate surface area is 114 Å². The van der Waals surface area contributed by atoms with E-state index < -0.39 is 5.41 Å². The van der Waals surface area contributed by atoms with Gasteiger partial charge in [-0.05, 0) is 34.1 Å². The zero-order valence-electron chi connectivity index (χ0n) is 11.7. The molecule has 104 valence electrons. The normalized spacial score (nSPS) is 14.5. The molecule has 0 aliphatic rings. The van der Waals surface area contributed by atoms with Crippen molar-refractivity contribution in [3.8, 4) is 0 Å². The van der Waals surface area contributed by atoms with Crippen LogP contribution in [0, 0.1) is 5.41 Å². The van der Waals surface area contributed by atoms with Gasteiger partial charge in [-0.2, -0.15) is 0 Å². The molecule has 1 unspecified atom stereocenters. The van der Waals surface area contributed by atoms with Crippen molar-refractivity contribution in [3.63, 3.8) is 0 Å². The van der Waals surface area contributed by atoms with E-state index in [2.05, 4.69) is 10.6 Å². The van der Waals surface area contributed by atoms with Crippen LogP contribution in [-0.2, 0) is 9.59 Å². The molecule has 0 aliphatic heterocycles. The number of carbonyl (C=O) groups is 2. The lowest BCUT2D eigenvalue weighted by Crippen LogP contribution is -2.51. The van der Waals surface area contributed by atoms with Gasteiger partial charge < -0.3 is 16.4 Å². The molecule has 0 radical (unpaired) electrons. The molecule has 0 rings (SSSR count). The molecule has 0 aromatic carbocycles. The van der Waals surface area contributed by atoms with Gasteiger partial charge in [0.15, 0.2) is 0 Å². The minimum Gasteiger partial charge on any atom is -0.392 e. The molecule has 5 nitrogen and oxygen atoms in total. The van der Waals surface area contributed by atoms with Gasteiger partial charge in [0, 0.05) is 5.54 Å². The first-order chi connectivity index (χ1) is 8.03. The number of carbonyl (C=O) groups excluding carboxylic acids is 2. The molecule has 0 aliphatic carbocycles. The van der Waals surface area contributed by atoms with Crippen molar-refractivity contribution in [1.29, 1.82) is 0 Å². The molecule has 0 saturated carbocycles. The summed E-state index contributed by atoms with van der Waals surface area (Å²) in [6.07, 6.45) is 0.495. The summed E-state index contributed by atoms with van der Waals surface area (Å²) in [5.41, 5.74) is 4.33. The van der Waals surface area contributed by atoms with Crippen LogP contribution in [0.3, 0.4) is 0 Å². The minimum atomic E-state index is -0.905. The van der Waals surface area contributed by atoms with Crippen LogP contribution in [0.5, 0.6) is 0 Å². The summed E-state index contributed by atoms with van der Waals surface area (Å²) in [5.74, 6) is -0.557. The van der Waals surface area contributed by atoms with Crippen LogP contribution in [0.1, 0.15) is 41.0 Å². The Morgan fingerprint density at radius 1 is 1.22 bits per heavy atom. The lowest BCUT2D eigenvalue weighted by Gasteiger charge is -2.26. The molecule has 1 atom stereocenters. The number of hydrogen-bond donors (Lipinski definition) is 3. The first kappa shape index (κ1) is 16.8. The van der Waals surface area contributed by atoms with E-state index in [-0.39, 0.29) is 28.9 Å². The number of thiocarbonyl (C=S) groups is 1. The summed E-state index contributed by atoms with van der Waals surface area (Å²) in [6, 6.07) is 0. The van der Waals surface area contributed by atoms with E-state index >= 15 is 0 Å². The number of hydrogen-bond acceptors (Lipinski definition) is 3. The van der Waals surface area contributed by atoms with E-state index in [4.69, 9.17) is 18.0 Å². The van der Waals surface area contributed by atoms with Gasteiger partial charge in [-0.3, -0.25) is 9.59 Å². The van der Waals surface area contributed by atoms with Gasteiger partial charge in [-0.15, -0.1) is 0 Å². The second-order valence-corrected chi connectivity index (χ2v) is 5.97. The Morgan fingerprint density at radius 3 is 2.06 bits per heavy atom. The molecular weight excluding hydrogens is 250 g/mol. The SMILES string of the molecule is CCC(C)(C(=O)NCC(=O)NC(C)(C)C)C(N)=S. The van der Waals surface area contributed by atoms with Crippen LogP contribution in [0.4, 0.5) is 0 Å². The molecule has 0 aromatic heterocycles. The Balaban J connectivity index is 4.43. The van der Waals surface area contributed by atoms with E-state index in [0.29, 0.717) is 6.42 Å². The molecular formula is C12H23N3O2S. The van der Waals surface area contributed by atoms with Crippen molar-refractivity contribution in [2.75, 3.05) is 6.54 Å². The lowest BCUT2D eigenvalue weighted by molar-refractivity contribution is -0.130. The standard InChI is InChI=1S/C12H23N3O2S/c1-6-12(5,9(13)18)10(17)14-7-8(16)15-11(2,3)4/h6-7H2,1-5H3,(H2,13,18)(H,14,17)(H,15,16). The highest BCUT2D eigenvalue weighted by molar-refractivity contribution is 7.80.